The summed E-state index contributed by atoms with van der Waals surface area (Å²) in [6.07, 6.45) is 4.26. The van der Waals surface area contributed by atoms with E-state index in [-0.39, 0.29) is 11.9 Å². The van der Waals surface area contributed by atoms with Gasteiger partial charge < -0.3 is 4.90 Å². The van der Waals surface area contributed by atoms with E-state index in [1.165, 1.54) is 11.8 Å². The van der Waals surface area contributed by atoms with E-state index in [9.17, 15) is 4.79 Å². The van der Waals surface area contributed by atoms with E-state index in [0.717, 1.165) is 27.5 Å². The fourth-order valence-corrected chi connectivity index (χ4v) is 4.67. The molecule has 1 aromatic carbocycles. The van der Waals surface area contributed by atoms with Crippen LogP contribution in [0.25, 0.3) is 10.2 Å². The summed E-state index contributed by atoms with van der Waals surface area (Å²) in [7, 11) is 0. The predicted octanol–water partition coefficient (Wildman–Crippen LogP) is 2.45. The molecule has 1 fully saturated rings. The Balaban J connectivity index is 1.35. The summed E-state index contributed by atoms with van der Waals surface area (Å²) in [5.74, 6) is 0.586. The molecule has 3 aromatic rings. The molecule has 0 radical (unpaired) electrons. The number of carbonyl (C=O) groups is 1. The molecule has 1 atom stereocenters. The molecule has 2 aromatic heterocycles. The Labute approximate surface area is 141 Å². The summed E-state index contributed by atoms with van der Waals surface area (Å²) in [6.45, 7) is 1.46. The molecule has 118 valence electrons. The molecule has 1 aliphatic rings. The summed E-state index contributed by atoms with van der Waals surface area (Å²) >= 11 is 3.16. The van der Waals surface area contributed by atoms with Crippen molar-refractivity contribution in [2.75, 3.05) is 18.8 Å². The summed E-state index contributed by atoms with van der Waals surface area (Å²) < 4.78 is 2.11. The van der Waals surface area contributed by atoms with Crippen molar-refractivity contribution in [2.45, 2.75) is 16.8 Å². The highest BCUT2D eigenvalue weighted by molar-refractivity contribution is 8.01. The maximum atomic E-state index is 12.4. The van der Waals surface area contributed by atoms with Gasteiger partial charge in [-0.15, -0.1) is 11.3 Å². The molecule has 3 heterocycles. The largest absolute Gasteiger partial charge is 0.340 e. The standard InChI is InChI=1S/C15H15N5OS2/c21-14(19-8-5-11(9-19)20-16-6-7-17-20)10-22-15-18-12-3-1-2-4-13(12)23-15/h1-4,6-7,11H,5,8-10H2. The van der Waals surface area contributed by atoms with Crippen molar-refractivity contribution in [3.05, 3.63) is 36.7 Å². The normalized spacial score (nSPS) is 17.9. The lowest BCUT2D eigenvalue weighted by molar-refractivity contribution is -0.127. The molecular formula is C15H15N5OS2. The number of carbonyl (C=O) groups excluding carboxylic acids is 1. The van der Waals surface area contributed by atoms with E-state index >= 15 is 0 Å². The SMILES string of the molecule is O=C(CSc1nc2ccccc2s1)N1CCC(n2nccn2)C1. The summed E-state index contributed by atoms with van der Waals surface area (Å²) in [4.78, 5) is 20.5. The molecular weight excluding hydrogens is 330 g/mol. The lowest BCUT2D eigenvalue weighted by atomic mass is 10.3. The van der Waals surface area contributed by atoms with Crippen molar-refractivity contribution in [1.82, 2.24) is 24.9 Å². The first kappa shape index (κ1) is 14.6. The van der Waals surface area contributed by atoms with Crippen LogP contribution in [0.4, 0.5) is 0 Å². The Morgan fingerprint density at radius 2 is 2.13 bits per heavy atom. The molecule has 8 heteroatoms. The van der Waals surface area contributed by atoms with Gasteiger partial charge in [-0.2, -0.15) is 15.0 Å². The van der Waals surface area contributed by atoms with Crippen molar-refractivity contribution >= 4 is 39.2 Å². The molecule has 0 bridgehead atoms. The van der Waals surface area contributed by atoms with Gasteiger partial charge in [0.05, 0.1) is 34.4 Å². The topological polar surface area (TPSA) is 63.9 Å². The molecule has 1 amide bonds. The molecule has 0 saturated carbocycles. The summed E-state index contributed by atoms with van der Waals surface area (Å²) in [5, 5.41) is 8.33. The average Bonchev–Trinajstić information content (AvgIpc) is 3.31. The zero-order valence-electron chi connectivity index (χ0n) is 12.3. The van der Waals surface area contributed by atoms with Crippen LogP contribution < -0.4 is 0 Å². The number of fused-ring (bicyclic) bond motifs is 1. The fraction of sp³-hybridized carbons (Fsp3) is 0.333. The van der Waals surface area contributed by atoms with Gasteiger partial charge in [-0.3, -0.25) is 4.79 Å². The zero-order valence-corrected chi connectivity index (χ0v) is 14.0. The smallest absolute Gasteiger partial charge is 0.233 e. The van der Waals surface area contributed by atoms with Crippen molar-refractivity contribution in [2.24, 2.45) is 0 Å². The highest BCUT2D eigenvalue weighted by Crippen LogP contribution is 2.30. The van der Waals surface area contributed by atoms with Gasteiger partial charge >= 0.3 is 0 Å². The van der Waals surface area contributed by atoms with Crippen LogP contribution in [0.3, 0.4) is 0 Å². The van der Waals surface area contributed by atoms with Crippen LogP contribution in [-0.4, -0.2) is 49.6 Å². The number of amides is 1. The first-order chi connectivity index (χ1) is 11.3. The summed E-state index contributed by atoms with van der Waals surface area (Å²) in [6, 6.07) is 8.24. The fourth-order valence-electron chi connectivity index (χ4n) is 2.70. The first-order valence-corrected chi connectivity index (χ1v) is 9.22. The van der Waals surface area contributed by atoms with Gasteiger partial charge in [0.2, 0.25) is 5.91 Å². The Kier molecular flexibility index (Phi) is 4.00. The quantitative estimate of drug-likeness (QED) is 0.680. The Morgan fingerprint density at radius 3 is 2.96 bits per heavy atom. The summed E-state index contributed by atoms with van der Waals surface area (Å²) in [5.41, 5.74) is 0.999. The number of hydrogen-bond acceptors (Lipinski definition) is 6. The molecule has 4 rings (SSSR count). The van der Waals surface area contributed by atoms with Crippen molar-refractivity contribution in [1.29, 1.82) is 0 Å². The predicted molar refractivity (Wildman–Crippen MR) is 90.6 cm³/mol. The number of para-hydroxylation sites is 1. The number of thiazole rings is 1. The molecule has 23 heavy (non-hydrogen) atoms. The molecule has 0 N–H and O–H groups in total. The van der Waals surface area contributed by atoms with Crippen molar-refractivity contribution < 1.29 is 4.79 Å². The lowest BCUT2D eigenvalue weighted by Crippen LogP contribution is -2.30. The van der Waals surface area contributed by atoms with Gasteiger partial charge in [0.25, 0.3) is 0 Å². The van der Waals surface area contributed by atoms with E-state index in [0.29, 0.717) is 12.3 Å². The van der Waals surface area contributed by atoms with Crippen LogP contribution in [0.15, 0.2) is 41.0 Å². The van der Waals surface area contributed by atoms with Crippen molar-refractivity contribution in [3.8, 4) is 0 Å². The Hall–Kier alpha value is -1.93. The molecule has 1 unspecified atom stereocenters. The third kappa shape index (κ3) is 3.09. The van der Waals surface area contributed by atoms with Crippen LogP contribution in [0.5, 0.6) is 0 Å². The zero-order chi connectivity index (χ0) is 15.6. The Bertz CT molecular complexity index is 783. The van der Waals surface area contributed by atoms with Gasteiger partial charge in [0.1, 0.15) is 0 Å². The molecule has 0 aliphatic carbocycles. The average molecular weight is 345 g/mol. The second kappa shape index (κ2) is 6.29. The minimum absolute atomic E-state index is 0.156. The van der Waals surface area contributed by atoms with E-state index in [1.807, 2.05) is 23.1 Å². The van der Waals surface area contributed by atoms with Crippen LogP contribution >= 0.6 is 23.1 Å². The number of benzene rings is 1. The lowest BCUT2D eigenvalue weighted by Gasteiger charge is -2.15. The second-order valence-electron chi connectivity index (χ2n) is 5.37. The second-order valence-corrected chi connectivity index (χ2v) is 7.62. The van der Waals surface area contributed by atoms with E-state index in [4.69, 9.17) is 0 Å². The van der Waals surface area contributed by atoms with Gasteiger partial charge in [0, 0.05) is 13.1 Å². The van der Waals surface area contributed by atoms with E-state index in [2.05, 4.69) is 21.2 Å². The molecule has 1 aliphatic heterocycles. The number of rotatable bonds is 4. The van der Waals surface area contributed by atoms with Gasteiger partial charge in [-0.05, 0) is 18.6 Å². The third-order valence-corrected chi connectivity index (χ3v) is 6.04. The maximum absolute atomic E-state index is 12.4. The first-order valence-electron chi connectivity index (χ1n) is 7.41. The van der Waals surface area contributed by atoms with Crippen LogP contribution in [-0.2, 0) is 4.79 Å². The number of hydrogen-bond donors (Lipinski definition) is 0. The molecule has 0 spiro atoms. The van der Waals surface area contributed by atoms with Gasteiger partial charge in [-0.25, -0.2) is 4.98 Å². The number of likely N-dealkylation sites (tertiary alicyclic amines) is 1. The maximum Gasteiger partial charge on any atom is 0.233 e. The van der Waals surface area contributed by atoms with Crippen LogP contribution in [0, 0.1) is 0 Å². The number of thioether (sulfide) groups is 1. The number of nitrogens with zero attached hydrogens (tertiary/aromatic N) is 5. The highest BCUT2D eigenvalue weighted by atomic mass is 32.2. The van der Waals surface area contributed by atoms with E-state index < -0.39 is 0 Å². The minimum atomic E-state index is 0.156. The van der Waals surface area contributed by atoms with Crippen LogP contribution in [0.2, 0.25) is 0 Å². The van der Waals surface area contributed by atoms with Gasteiger partial charge in [-0.1, -0.05) is 23.9 Å². The number of aromatic nitrogens is 4. The molecule has 6 nitrogen and oxygen atoms in total. The monoisotopic (exact) mass is 345 g/mol. The van der Waals surface area contributed by atoms with Crippen LogP contribution in [0.1, 0.15) is 12.5 Å². The minimum Gasteiger partial charge on any atom is -0.340 e. The third-order valence-electron chi connectivity index (χ3n) is 3.87. The van der Waals surface area contributed by atoms with E-state index in [1.54, 1.807) is 28.5 Å². The van der Waals surface area contributed by atoms with Gasteiger partial charge in [0.15, 0.2) is 4.34 Å². The Morgan fingerprint density at radius 1 is 1.30 bits per heavy atom. The molecule has 1 saturated heterocycles. The van der Waals surface area contributed by atoms with Crippen molar-refractivity contribution in [3.63, 3.8) is 0 Å². The highest BCUT2D eigenvalue weighted by Gasteiger charge is 2.28.